The molecule has 0 spiro atoms. The molecule has 11 heteroatoms. The molecular weight excluding hydrogens is 328 g/mol. The summed E-state index contributed by atoms with van der Waals surface area (Å²) in [4.78, 5) is 41.4. The van der Waals surface area contributed by atoms with Gasteiger partial charge in [-0.25, -0.2) is 4.98 Å². The first-order valence-corrected chi connectivity index (χ1v) is 7.29. The van der Waals surface area contributed by atoms with Crippen LogP contribution in [0.3, 0.4) is 0 Å². The lowest BCUT2D eigenvalue weighted by Crippen LogP contribution is -2.82. The summed E-state index contributed by atoms with van der Waals surface area (Å²) in [6, 6.07) is 2.94. The predicted molar refractivity (Wildman–Crippen MR) is 90.6 cm³/mol. The highest BCUT2D eigenvalue weighted by Gasteiger charge is 2.57. The zero-order valence-corrected chi connectivity index (χ0v) is 13.4. The van der Waals surface area contributed by atoms with Crippen LogP contribution < -0.4 is 39.5 Å². The van der Waals surface area contributed by atoms with Gasteiger partial charge in [0, 0.05) is 5.69 Å². The number of piperidine rings is 1. The molecule has 11 N–H and O–H groups in total. The van der Waals surface area contributed by atoms with Crippen molar-refractivity contribution in [1.82, 2.24) is 14.9 Å². The van der Waals surface area contributed by atoms with Gasteiger partial charge in [-0.15, -0.1) is 0 Å². The van der Waals surface area contributed by atoms with Gasteiger partial charge in [-0.1, -0.05) is 0 Å². The molecule has 11 nitrogen and oxygen atoms in total. The van der Waals surface area contributed by atoms with E-state index in [0.717, 1.165) is 4.57 Å². The Labute approximate surface area is 141 Å². The summed E-state index contributed by atoms with van der Waals surface area (Å²) < 4.78 is 0.854. The van der Waals surface area contributed by atoms with E-state index in [0.29, 0.717) is 0 Å². The Hall–Kier alpha value is -3.02. The second-order valence-electron chi connectivity index (χ2n) is 6.13. The number of fused-ring (bicyclic) bond motifs is 1. The predicted octanol–water partition coefficient (Wildman–Crippen LogP) is -2.86. The SMILES string of the molecule is Cc1nc2c(N)ccc(N)c2c(=O)n1C1(N)C(=O)NC(=O)CC1(N)N. The van der Waals surface area contributed by atoms with Crippen LogP contribution in [0.1, 0.15) is 12.2 Å². The molecule has 1 aromatic carbocycles. The minimum atomic E-state index is -2.25. The zero-order chi connectivity index (χ0) is 18.7. The molecule has 0 bridgehead atoms. The van der Waals surface area contributed by atoms with E-state index in [9.17, 15) is 14.4 Å². The second kappa shape index (κ2) is 4.99. The van der Waals surface area contributed by atoms with Crippen LogP contribution in [0.25, 0.3) is 10.9 Å². The third kappa shape index (κ3) is 2.10. The quantitative estimate of drug-likeness (QED) is 0.178. The first-order valence-electron chi connectivity index (χ1n) is 7.29. The lowest BCUT2D eigenvalue weighted by atomic mass is 9.86. The molecule has 2 amide bonds. The number of nitrogen functional groups attached to an aromatic ring is 2. The fraction of sp³-hybridized carbons (Fsp3) is 0.286. The van der Waals surface area contributed by atoms with E-state index in [1.807, 2.05) is 5.32 Å². The topological polar surface area (TPSA) is 211 Å². The normalized spacial score (nSPS) is 22.9. The molecule has 1 unspecified atom stereocenters. The van der Waals surface area contributed by atoms with Crippen LogP contribution in [0, 0.1) is 6.92 Å². The zero-order valence-electron chi connectivity index (χ0n) is 13.4. The summed E-state index contributed by atoms with van der Waals surface area (Å²) in [5, 5.41) is 2.03. The number of carbonyl (C=O) groups is 2. The monoisotopic (exact) mass is 346 g/mol. The Morgan fingerprint density at radius 1 is 1.12 bits per heavy atom. The number of hydrogen-bond acceptors (Lipinski definition) is 9. The van der Waals surface area contributed by atoms with Crippen molar-refractivity contribution in [3.8, 4) is 0 Å². The number of nitrogens with one attached hydrogen (secondary N) is 1. The Kier molecular flexibility index (Phi) is 3.36. The van der Waals surface area contributed by atoms with Crippen LogP contribution in [-0.2, 0) is 15.3 Å². The molecule has 1 saturated heterocycles. The van der Waals surface area contributed by atoms with Gasteiger partial charge in [0.1, 0.15) is 17.0 Å². The molecule has 1 aliphatic rings. The fourth-order valence-electron chi connectivity index (χ4n) is 3.04. The average molecular weight is 346 g/mol. The van der Waals surface area contributed by atoms with Gasteiger partial charge in [-0.3, -0.25) is 30.0 Å². The van der Waals surface area contributed by atoms with E-state index in [2.05, 4.69) is 4.98 Å². The molecule has 132 valence electrons. The minimum Gasteiger partial charge on any atom is -0.398 e. The van der Waals surface area contributed by atoms with Crippen LogP contribution >= 0.6 is 0 Å². The summed E-state index contributed by atoms with van der Waals surface area (Å²) >= 11 is 0. The number of imide groups is 1. The van der Waals surface area contributed by atoms with Gasteiger partial charge in [0.15, 0.2) is 0 Å². The summed E-state index contributed by atoms with van der Waals surface area (Å²) in [6.45, 7) is 1.44. The van der Waals surface area contributed by atoms with E-state index in [4.69, 9.17) is 28.7 Å². The van der Waals surface area contributed by atoms with Gasteiger partial charge in [-0.2, -0.15) is 0 Å². The largest absolute Gasteiger partial charge is 0.398 e. The maximum Gasteiger partial charge on any atom is 0.271 e. The number of carbonyl (C=O) groups excluding carboxylic acids is 2. The van der Waals surface area contributed by atoms with Gasteiger partial charge < -0.3 is 22.9 Å². The van der Waals surface area contributed by atoms with Crippen molar-refractivity contribution in [2.24, 2.45) is 17.2 Å². The first kappa shape index (κ1) is 16.8. The van der Waals surface area contributed by atoms with E-state index < -0.39 is 35.1 Å². The van der Waals surface area contributed by atoms with Gasteiger partial charge in [0.25, 0.3) is 11.5 Å². The average Bonchev–Trinajstić information content (AvgIpc) is 2.48. The van der Waals surface area contributed by atoms with Gasteiger partial charge in [0.05, 0.1) is 17.5 Å². The Morgan fingerprint density at radius 2 is 1.72 bits per heavy atom. The van der Waals surface area contributed by atoms with E-state index in [1.165, 1.54) is 19.1 Å². The highest BCUT2D eigenvalue weighted by atomic mass is 16.2. The lowest BCUT2D eigenvalue weighted by Gasteiger charge is -2.45. The van der Waals surface area contributed by atoms with Gasteiger partial charge >= 0.3 is 0 Å². The fourth-order valence-corrected chi connectivity index (χ4v) is 3.04. The van der Waals surface area contributed by atoms with E-state index in [1.54, 1.807) is 0 Å². The van der Waals surface area contributed by atoms with Crippen molar-refractivity contribution < 1.29 is 9.59 Å². The van der Waals surface area contributed by atoms with Crippen molar-refractivity contribution in [2.45, 2.75) is 24.7 Å². The molecule has 0 aliphatic carbocycles. The number of hydrogen-bond donors (Lipinski definition) is 6. The summed E-state index contributed by atoms with van der Waals surface area (Å²) in [7, 11) is 0. The molecule has 1 fully saturated rings. The highest BCUT2D eigenvalue weighted by molar-refractivity contribution is 6.03. The number of nitrogens with two attached hydrogens (primary N) is 5. The molecular formula is C14H18N8O3. The van der Waals surface area contributed by atoms with Crippen molar-refractivity contribution in [1.29, 1.82) is 0 Å². The molecule has 1 aromatic heterocycles. The second-order valence-corrected chi connectivity index (χ2v) is 6.13. The molecule has 3 rings (SSSR count). The highest BCUT2D eigenvalue weighted by Crippen LogP contribution is 2.28. The number of nitrogens with zero attached hydrogens (tertiary/aromatic N) is 2. The molecule has 0 saturated carbocycles. The first-order chi connectivity index (χ1) is 11.5. The van der Waals surface area contributed by atoms with Crippen LogP contribution in [0.5, 0.6) is 0 Å². The minimum absolute atomic E-state index is 0.0177. The molecule has 1 atom stereocenters. The Bertz CT molecular complexity index is 996. The smallest absolute Gasteiger partial charge is 0.271 e. The lowest BCUT2D eigenvalue weighted by molar-refractivity contribution is -0.146. The van der Waals surface area contributed by atoms with Crippen molar-refractivity contribution >= 4 is 34.1 Å². The van der Waals surface area contributed by atoms with Crippen LogP contribution in [0.15, 0.2) is 16.9 Å². The molecule has 1 aliphatic heterocycles. The summed E-state index contributed by atoms with van der Waals surface area (Å²) in [5.74, 6) is -1.66. The molecule has 2 aromatic rings. The molecule has 2 heterocycles. The van der Waals surface area contributed by atoms with Gasteiger partial charge in [-0.05, 0) is 19.1 Å². The summed E-state index contributed by atoms with van der Waals surface area (Å²) in [6.07, 6.45) is -0.467. The summed E-state index contributed by atoms with van der Waals surface area (Å²) in [5.41, 5.74) is 25.3. The van der Waals surface area contributed by atoms with Crippen LogP contribution in [0.4, 0.5) is 11.4 Å². The number of benzene rings is 1. The Balaban J connectivity index is 2.44. The van der Waals surface area contributed by atoms with Gasteiger partial charge in [0.2, 0.25) is 11.6 Å². The third-order valence-corrected chi connectivity index (χ3v) is 4.37. The Morgan fingerprint density at radius 3 is 2.32 bits per heavy atom. The molecule has 0 radical (unpaired) electrons. The van der Waals surface area contributed by atoms with E-state index in [-0.39, 0.29) is 28.1 Å². The van der Waals surface area contributed by atoms with Crippen molar-refractivity contribution in [3.63, 3.8) is 0 Å². The molecule has 25 heavy (non-hydrogen) atoms. The van der Waals surface area contributed by atoms with Crippen LogP contribution in [0.2, 0.25) is 0 Å². The number of rotatable bonds is 1. The van der Waals surface area contributed by atoms with E-state index >= 15 is 0 Å². The number of aromatic nitrogens is 2. The third-order valence-electron chi connectivity index (χ3n) is 4.37. The van der Waals surface area contributed by atoms with Crippen molar-refractivity contribution in [3.05, 3.63) is 28.3 Å². The van der Waals surface area contributed by atoms with Crippen LogP contribution in [-0.4, -0.2) is 27.0 Å². The number of anilines is 2. The standard InChI is InChI=1S/C14H18N8O3/c1-5-20-10-7(16)3-2-6(15)9(10)11(24)22(5)14(19)12(25)21-8(23)4-13(14,17)18/h2-3H,4,15-19H2,1H3,(H,21,23,25). The maximum atomic E-state index is 13.1. The number of amides is 2. The number of aryl methyl sites for hydroxylation is 1. The maximum absolute atomic E-state index is 13.1. The van der Waals surface area contributed by atoms with Crippen molar-refractivity contribution in [2.75, 3.05) is 11.5 Å².